The fourth-order valence-electron chi connectivity index (χ4n) is 3.26. The molecule has 3 heterocycles. The molecule has 1 fully saturated rings. The number of benzene rings is 1. The maximum atomic E-state index is 12.3. The molecule has 2 aromatic heterocycles. The fraction of sp³-hybridized carbons (Fsp3) is 0.286. The Kier molecular flexibility index (Phi) is 5.71. The zero-order valence-corrected chi connectivity index (χ0v) is 16.3. The molecule has 1 aromatic carbocycles. The minimum atomic E-state index is -0.338. The first-order chi connectivity index (χ1) is 14.2. The van der Waals surface area contributed by atoms with E-state index in [-0.39, 0.29) is 11.6 Å². The Morgan fingerprint density at radius 2 is 1.79 bits per heavy atom. The van der Waals surface area contributed by atoms with Crippen LogP contribution in [0.25, 0.3) is 0 Å². The quantitative estimate of drug-likeness (QED) is 0.715. The van der Waals surface area contributed by atoms with Gasteiger partial charge >= 0.3 is 0 Å². The second kappa shape index (κ2) is 8.74. The average molecular weight is 389 g/mol. The molecular formula is C21H23N7O. The molecule has 8 heteroatoms. The van der Waals surface area contributed by atoms with E-state index in [1.165, 1.54) is 18.1 Å². The van der Waals surface area contributed by atoms with E-state index in [9.17, 15) is 4.79 Å². The fourth-order valence-corrected chi connectivity index (χ4v) is 3.26. The summed E-state index contributed by atoms with van der Waals surface area (Å²) in [6.07, 6.45) is 4.50. The van der Waals surface area contributed by atoms with E-state index in [0.29, 0.717) is 5.82 Å². The molecule has 1 saturated heterocycles. The highest BCUT2D eigenvalue weighted by Gasteiger charge is 2.19. The summed E-state index contributed by atoms with van der Waals surface area (Å²) >= 11 is 0. The van der Waals surface area contributed by atoms with Gasteiger partial charge in [-0.3, -0.25) is 14.7 Å². The van der Waals surface area contributed by atoms with E-state index in [0.717, 1.165) is 44.2 Å². The van der Waals surface area contributed by atoms with Crippen molar-refractivity contribution in [3.63, 3.8) is 0 Å². The molecule has 0 aliphatic carbocycles. The van der Waals surface area contributed by atoms with Crippen molar-refractivity contribution in [3.05, 3.63) is 72.1 Å². The summed E-state index contributed by atoms with van der Waals surface area (Å²) in [6, 6.07) is 12.3. The number of carbonyl (C=O) groups excluding carboxylic acids is 1. The van der Waals surface area contributed by atoms with Gasteiger partial charge in [-0.05, 0) is 12.5 Å². The SMILES string of the molecule is Cc1cnc(C(=O)Nc2cc(N3CCN(Cc4ccccc4)CC3)ncn2)cn1. The molecule has 4 rings (SSSR count). The Bertz CT molecular complexity index is 954. The number of carbonyl (C=O) groups is 1. The van der Waals surface area contributed by atoms with Gasteiger partial charge in [0.05, 0.1) is 11.9 Å². The molecule has 0 spiro atoms. The highest BCUT2D eigenvalue weighted by Crippen LogP contribution is 2.17. The maximum absolute atomic E-state index is 12.3. The summed E-state index contributed by atoms with van der Waals surface area (Å²) in [4.78, 5) is 33.7. The summed E-state index contributed by atoms with van der Waals surface area (Å²) in [7, 11) is 0. The Morgan fingerprint density at radius 1 is 1.00 bits per heavy atom. The monoisotopic (exact) mass is 389 g/mol. The topological polar surface area (TPSA) is 87.1 Å². The second-order valence-corrected chi connectivity index (χ2v) is 7.01. The highest BCUT2D eigenvalue weighted by atomic mass is 16.1. The largest absolute Gasteiger partial charge is 0.354 e. The number of anilines is 2. The molecule has 1 amide bonds. The number of piperazine rings is 1. The van der Waals surface area contributed by atoms with Crippen molar-refractivity contribution < 1.29 is 4.79 Å². The lowest BCUT2D eigenvalue weighted by Gasteiger charge is -2.35. The number of aromatic nitrogens is 4. The van der Waals surface area contributed by atoms with E-state index >= 15 is 0 Å². The zero-order chi connectivity index (χ0) is 20.1. The minimum Gasteiger partial charge on any atom is -0.354 e. The van der Waals surface area contributed by atoms with Gasteiger partial charge in [0.2, 0.25) is 0 Å². The van der Waals surface area contributed by atoms with Crippen molar-refractivity contribution in [2.75, 3.05) is 36.4 Å². The molecule has 29 heavy (non-hydrogen) atoms. The van der Waals surface area contributed by atoms with E-state index in [2.05, 4.69) is 59.3 Å². The lowest BCUT2D eigenvalue weighted by Crippen LogP contribution is -2.46. The maximum Gasteiger partial charge on any atom is 0.277 e. The number of aryl methyl sites for hydroxylation is 1. The summed E-state index contributed by atoms with van der Waals surface area (Å²) in [6.45, 7) is 6.45. The molecule has 1 aliphatic heterocycles. The van der Waals surface area contributed by atoms with Crippen LogP contribution in [0.5, 0.6) is 0 Å². The number of nitrogens with zero attached hydrogens (tertiary/aromatic N) is 6. The van der Waals surface area contributed by atoms with Crippen LogP contribution in [-0.2, 0) is 6.54 Å². The van der Waals surface area contributed by atoms with Crippen molar-refractivity contribution in [1.29, 1.82) is 0 Å². The zero-order valence-electron chi connectivity index (χ0n) is 16.3. The van der Waals surface area contributed by atoms with Crippen molar-refractivity contribution in [3.8, 4) is 0 Å². The van der Waals surface area contributed by atoms with Crippen molar-refractivity contribution in [2.45, 2.75) is 13.5 Å². The molecule has 0 unspecified atom stereocenters. The van der Waals surface area contributed by atoms with E-state index in [1.54, 1.807) is 12.3 Å². The molecule has 0 atom stereocenters. The summed E-state index contributed by atoms with van der Waals surface area (Å²) in [5, 5.41) is 2.77. The van der Waals surface area contributed by atoms with Crippen LogP contribution in [-0.4, -0.2) is 56.9 Å². The van der Waals surface area contributed by atoms with Crippen LogP contribution >= 0.6 is 0 Å². The predicted octanol–water partition coefficient (Wildman–Crippen LogP) is 2.15. The van der Waals surface area contributed by atoms with Gasteiger partial charge in [-0.1, -0.05) is 30.3 Å². The van der Waals surface area contributed by atoms with E-state index in [4.69, 9.17) is 0 Å². The molecule has 0 bridgehead atoms. The van der Waals surface area contributed by atoms with Crippen LogP contribution < -0.4 is 10.2 Å². The standard InChI is InChI=1S/C21H23N7O/c1-16-12-23-18(13-22-16)21(29)26-19-11-20(25-15-24-19)28-9-7-27(8-10-28)14-17-5-3-2-4-6-17/h2-6,11-13,15H,7-10,14H2,1H3,(H,24,25,26,29). The Morgan fingerprint density at radius 3 is 2.52 bits per heavy atom. The third-order valence-electron chi connectivity index (χ3n) is 4.85. The molecule has 1 N–H and O–H groups in total. The van der Waals surface area contributed by atoms with Gasteiger partial charge < -0.3 is 10.2 Å². The van der Waals surface area contributed by atoms with Crippen molar-refractivity contribution >= 4 is 17.5 Å². The summed E-state index contributed by atoms with van der Waals surface area (Å²) in [5.74, 6) is 0.925. The van der Waals surface area contributed by atoms with Crippen molar-refractivity contribution in [2.24, 2.45) is 0 Å². The normalized spacial score (nSPS) is 14.6. The molecule has 1 aliphatic rings. The molecule has 8 nitrogen and oxygen atoms in total. The van der Waals surface area contributed by atoms with Crippen LogP contribution in [0.1, 0.15) is 21.7 Å². The Labute approximate surface area is 169 Å². The van der Waals surface area contributed by atoms with Gasteiger partial charge in [-0.15, -0.1) is 0 Å². The van der Waals surface area contributed by atoms with Crippen molar-refractivity contribution in [1.82, 2.24) is 24.8 Å². The molecular weight excluding hydrogens is 366 g/mol. The third kappa shape index (κ3) is 4.91. The summed E-state index contributed by atoms with van der Waals surface area (Å²) < 4.78 is 0. The van der Waals surface area contributed by atoms with Gasteiger partial charge in [0, 0.05) is 45.0 Å². The van der Waals surface area contributed by atoms with Crippen LogP contribution in [0.2, 0.25) is 0 Å². The smallest absolute Gasteiger partial charge is 0.277 e. The van der Waals surface area contributed by atoms with E-state index in [1.807, 2.05) is 13.0 Å². The first kappa shape index (κ1) is 18.9. The number of amides is 1. The van der Waals surface area contributed by atoms with Gasteiger partial charge in [0.1, 0.15) is 23.7 Å². The molecule has 0 saturated carbocycles. The van der Waals surface area contributed by atoms with Gasteiger partial charge in [0.15, 0.2) is 0 Å². The van der Waals surface area contributed by atoms with Crippen LogP contribution in [0.4, 0.5) is 11.6 Å². The number of hydrogen-bond donors (Lipinski definition) is 1. The second-order valence-electron chi connectivity index (χ2n) is 7.01. The number of rotatable bonds is 5. The highest BCUT2D eigenvalue weighted by molar-refractivity contribution is 6.02. The van der Waals surface area contributed by atoms with Crippen LogP contribution in [0.3, 0.4) is 0 Å². The van der Waals surface area contributed by atoms with Gasteiger partial charge in [-0.25, -0.2) is 15.0 Å². The average Bonchev–Trinajstić information content (AvgIpc) is 2.76. The lowest BCUT2D eigenvalue weighted by atomic mass is 10.2. The first-order valence-electron chi connectivity index (χ1n) is 9.61. The Balaban J connectivity index is 1.35. The number of hydrogen-bond acceptors (Lipinski definition) is 7. The van der Waals surface area contributed by atoms with Gasteiger partial charge in [0.25, 0.3) is 5.91 Å². The van der Waals surface area contributed by atoms with E-state index < -0.39 is 0 Å². The number of nitrogens with one attached hydrogen (secondary N) is 1. The van der Waals surface area contributed by atoms with Crippen LogP contribution in [0, 0.1) is 6.92 Å². The molecule has 148 valence electrons. The minimum absolute atomic E-state index is 0.255. The van der Waals surface area contributed by atoms with Gasteiger partial charge in [-0.2, -0.15) is 0 Å². The molecule has 0 radical (unpaired) electrons. The first-order valence-corrected chi connectivity index (χ1v) is 9.61. The Hall–Kier alpha value is -3.39. The molecule has 3 aromatic rings. The summed E-state index contributed by atoms with van der Waals surface area (Å²) in [5.41, 5.74) is 2.34. The van der Waals surface area contributed by atoms with Crippen LogP contribution in [0.15, 0.2) is 55.1 Å². The lowest BCUT2D eigenvalue weighted by molar-refractivity contribution is 0.102. The third-order valence-corrected chi connectivity index (χ3v) is 4.85. The predicted molar refractivity (Wildman–Crippen MR) is 111 cm³/mol.